The molecule has 1 aromatic rings. The average Bonchev–Trinajstić information content (AvgIpc) is 3.14. The molecule has 2 unspecified atom stereocenters. The maximum absolute atomic E-state index is 4.75. The van der Waals surface area contributed by atoms with Crippen molar-refractivity contribution in [2.45, 2.75) is 75.1 Å². The lowest BCUT2D eigenvalue weighted by atomic mass is 9.44. The first-order valence-corrected chi connectivity index (χ1v) is 9.73. The van der Waals surface area contributed by atoms with Gasteiger partial charge in [-0.05, 0) is 68.6 Å². The Morgan fingerprint density at radius 3 is 2.43 bits per heavy atom. The van der Waals surface area contributed by atoms with Crippen LogP contribution < -0.4 is 0 Å². The van der Waals surface area contributed by atoms with Gasteiger partial charge in [0.15, 0.2) is 0 Å². The van der Waals surface area contributed by atoms with E-state index in [1.165, 1.54) is 57.2 Å². The van der Waals surface area contributed by atoms with Gasteiger partial charge in [-0.2, -0.15) is 0 Å². The van der Waals surface area contributed by atoms with E-state index in [0.717, 1.165) is 23.0 Å². The number of alkyl halides is 1. The minimum absolute atomic E-state index is 0.356. The first kappa shape index (κ1) is 13.1. The summed E-state index contributed by atoms with van der Waals surface area (Å²) in [4.78, 5) is 0. The van der Waals surface area contributed by atoms with Crippen molar-refractivity contribution in [1.29, 1.82) is 0 Å². The smallest absolute Gasteiger partial charge is 0.143 e. The van der Waals surface area contributed by atoms with E-state index in [9.17, 15) is 0 Å². The predicted octanol–water partition coefficient (Wildman–Crippen LogP) is 4.37. The Morgan fingerprint density at radius 1 is 1.14 bits per heavy atom. The summed E-state index contributed by atoms with van der Waals surface area (Å²) >= 11 is 3.62. The van der Waals surface area contributed by atoms with Crippen LogP contribution in [0.3, 0.4) is 0 Å². The van der Waals surface area contributed by atoms with Crippen molar-refractivity contribution in [3.8, 4) is 0 Å². The van der Waals surface area contributed by atoms with Gasteiger partial charge in [0.1, 0.15) is 11.6 Å². The van der Waals surface area contributed by atoms with Gasteiger partial charge in [-0.3, -0.25) is 0 Å². The lowest BCUT2D eigenvalue weighted by Crippen LogP contribution is -2.53. The van der Waals surface area contributed by atoms with Crippen LogP contribution in [0.15, 0.2) is 0 Å². The fourth-order valence-corrected chi connectivity index (χ4v) is 6.86. The van der Waals surface area contributed by atoms with Gasteiger partial charge in [-0.25, -0.2) is 0 Å². The summed E-state index contributed by atoms with van der Waals surface area (Å²) in [6.07, 6.45) is 11.2. The SMILES string of the molecule is CC12CC3CC(C1)CC(c1nnc(CBr)n1C1CC1)(C3)C2. The number of rotatable bonds is 3. The molecular weight excluding hydrogens is 326 g/mol. The van der Waals surface area contributed by atoms with E-state index in [-0.39, 0.29) is 0 Å². The van der Waals surface area contributed by atoms with E-state index in [1.54, 1.807) is 0 Å². The molecule has 4 heteroatoms. The molecular formula is C17H24BrN3. The number of aromatic nitrogens is 3. The number of hydrogen-bond donors (Lipinski definition) is 0. The lowest BCUT2D eigenvalue weighted by molar-refractivity contribution is -0.0661. The zero-order valence-electron chi connectivity index (χ0n) is 12.8. The monoisotopic (exact) mass is 349 g/mol. The van der Waals surface area contributed by atoms with Gasteiger partial charge in [-0.15, -0.1) is 10.2 Å². The highest BCUT2D eigenvalue weighted by molar-refractivity contribution is 9.08. The van der Waals surface area contributed by atoms with E-state index >= 15 is 0 Å². The van der Waals surface area contributed by atoms with Crippen molar-refractivity contribution in [2.24, 2.45) is 17.3 Å². The van der Waals surface area contributed by atoms with Gasteiger partial charge in [0.25, 0.3) is 0 Å². The summed E-state index contributed by atoms with van der Waals surface area (Å²) in [5, 5.41) is 10.1. The van der Waals surface area contributed by atoms with E-state index in [4.69, 9.17) is 5.10 Å². The van der Waals surface area contributed by atoms with Crippen LogP contribution in [-0.4, -0.2) is 14.8 Å². The maximum atomic E-state index is 4.75. The molecule has 0 aliphatic heterocycles. The highest BCUT2D eigenvalue weighted by Gasteiger charge is 2.58. The molecule has 5 aliphatic rings. The van der Waals surface area contributed by atoms with Gasteiger partial charge in [0.2, 0.25) is 0 Å². The first-order valence-electron chi connectivity index (χ1n) is 8.61. The first-order chi connectivity index (χ1) is 10.1. The van der Waals surface area contributed by atoms with Crippen molar-refractivity contribution in [2.75, 3.05) is 0 Å². The highest BCUT2D eigenvalue weighted by atomic mass is 79.9. The molecule has 0 radical (unpaired) electrons. The van der Waals surface area contributed by atoms with Crippen LogP contribution in [0.2, 0.25) is 0 Å². The molecule has 0 spiro atoms. The number of halogens is 1. The van der Waals surface area contributed by atoms with Crippen LogP contribution in [0.4, 0.5) is 0 Å². The predicted molar refractivity (Wildman–Crippen MR) is 85.4 cm³/mol. The third-order valence-electron chi connectivity index (χ3n) is 6.63. The summed E-state index contributed by atoms with van der Waals surface area (Å²) in [5.74, 6) is 4.43. The number of hydrogen-bond acceptors (Lipinski definition) is 2. The topological polar surface area (TPSA) is 30.7 Å². The molecule has 0 amide bonds. The Hall–Kier alpha value is -0.380. The summed E-state index contributed by atoms with van der Waals surface area (Å²) < 4.78 is 2.53. The van der Waals surface area contributed by atoms with Gasteiger partial charge in [0, 0.05) is 11.5 Å². The minimum Gasteiger partial charge on any atom is -0.311 e. The zero-order chi connectivity index (χ0) is 14.2. The van der Waals surface area contributed by atoms with Gasteiger partial charge >= 0.3 is 0 Å². The van der Waals surface area contributed by atoms with Crippen molar-refractivity contribution in [3.63, 3.8) is 0 Å². The molecule has 0 saturated heterocycles. The molecule has 114 valence electrons. The summed E-state index contributed by atoms with van der Waals surface area (Å²) in [6.45, 7) is 2.54. The van der Waals surface area contributed by atoms with Gasteiger partial charge in [0.05, 0.1) is 5.33 Å². The lowest BCUT2D eigenvalue weighted by Gasteiger charge is -2.60. The summed E-state index contributed by atoms with van der Waals surface area (Å²) in [7, 11) is 0. The summed E-state index contributed by atoms with van der Waals surface area (Å²) in [6, 6.07) is 0.698. The second-order valence-corrected chi connectivity index (χ2v) is 9.29. The van der Waals surface area contributed by atoms with Crippen molar-refractivity contribution in [3.05, 3.63) is 11.6 Å². The van der Waals surface area contributed by atoms with Gasteiger partial charge < -0.3 is 4.57 Å². The molecule has 1 aromatic heterocycles. The fraction of sp³-hybridized carbons (Fsp3) is 0.882. The van der Waals surface area contributed by atoms with Crippen molar-refractivity contribution in [1.82, 2.24) is 14.8 Å². The molecule has 0 N–H and O–H groups in total. The van der Waals surface area contributed by atoms with E-state index < -0.39 is 0 Å². The molecule has 5 saturated carbocycles. The number of nitrogens with zero attached hydrogens (tertiary/aromatic N) is 3. The van der Waals surface area contributed by atoms with Crippen LogP contribution in [0.5, 0.6) is 0 Å². The second kappa shape index (κ2) is 4.12. The molecule has 21 heavy (non-hydrogen) atoms. The molecule has 5 aliphatic carbocycles. The van der Waals surface area contributed by atoms with Crippen molar-refractivity contribution >= 4 is 15.9 Å². The normalized spacial score (nSPS) is 44.5. The van der Waals surface area contributed by atoms with E-state index in [1.807, 2.05) is 0 Å². The van der Waals surface area contributed by atoms with Crippen molar-refractivity contribution < 1.29 is 0 Å². The third-order valence-corrected chi connectivity index (χ3v) is 7.13. The minimum atomic E-state index is 0.356. The van der Waals surface area contributed by atoms with Crippen LogP contribution in [-0.2, 0) is 10.7 Å². The average molecular weight is 350 g/mol. The quantitative estimate of drug-likeness (QED) is 0.758. The largest absolute Gasteiger partial charge is 0.311 e. The maximum Gasteiger partial charge on any atom is 0.143 e. The fourth-order valence-electron chi connectivity index (χ4n) is 6.47. The van der Waals surface area contributed by atoms with E-state index in [0.29, 0.717) is 16.9 Å². The van der Waals surface area contributed by atoms with Crippen LogP contribution in [0, 0.1) is 17.3 Å². The van der Waals surface area contributed by atoms with Crippen LogP contribution in [0.25, 0.3) is 0 Å². The molecule has 3 nitrogen and oxygen atoms in total. The van der Waals surface area contributed by atoms with Gasteiger partial charge in [-0.1, -0.05) is 22.9 Å². The summed E-state index contributed by atoms with van der Waals surface area (Å²) in [5.41, 5.74) is 0.938. The Bertz CT molecular complexity index is 575. The molecule has 0 aromatic carbocycles. The Balaban J connectivity index is 1.62. The van der Waals surface area contributed by atoms with Crippen LogP contribution >= 0.6 is 15.9 Å². The molecule has 6 rings (SSSR count). The van der Waals surface area contributed by atoms with E-state index in [2.05, 4.69) is 32.5 Å². The molecule has 1 heterocycles. The Morgan fingerprint density at radius 2 is 1.86 bits per heavy atom. The third kappa shape index (κ3) is 1.83. The Kier molecular flexibility index (Phi) is 2.57. The zero-order valence-corrected chi connectivity index (χ0v) is 14.4. The second-order valence-electron chi connectivity index (χ2n) is 8.73. The molecule has 4 bridgehead atoms. The molecule has 5 fully saturated rings. The molecule has 2 atom stereocenters. The standard InChI is InChI=1S/C17H24BrN3/c1-16-5-11-4-12(6-16)8-17(7-11,10-16)15-20-19-14(9-18)21(15)13-2-3-13/h11-13H,2-10H2,1H3. The Labute approximate surface area is 135 Å². The van der Waals surface area contributed by atoms with Crippen LogP contribution in [0.1, 0.15) is 76.0 Å². The highest BCUT2D eigenvalue weighted by Crippen LogP contribution is 2.65.